The molecule has 1 saturated heterocycles. The third-order valence-electron chi connectivity index (χ3n) is 3.99. The number of nitrogens with one attached hydrogen (secondary N) is 1. The Hall–Kier alpha value is -0.820. The molecule has 1 unspecified atom stereocenters. The van der Waals surface area contributed by atoms with E-state index >= 15 is 0 Å². The molecule has 0 aromatic heterocycles. The summed E-state index contributed by atoms with van der Waals surface area (Å²) in [5.74, 6) is 0.866. The molecule has 1 aliphatic heterocycles. The Morgan fingerprint density at radius 1 is 1.07 bits per heavy atom. The van der Waals surface area contributed by atoms with E-state index in [0.29, 0.717) is 5.41 Å². The van der Waals surface area contributed by atoms with Gasteiger partial charge in [-0.2, -0.15) is 0 Å². The molecule has 1 aromatic carbocycles. The second kappa shape index (κ2) is 3.09. The van der Waals surface area contributed by atoms with Crippen molar-refractivity contribution in [3.63, 3.8) is 0 Å². The van der Waals surface area contributed by atoms with Crippen LogP contribution in [0.25, 0.3) is 0 Å². The van der Waals surface area contributed by atoms with Crippen molar-refractivity contribution in [1.82, 2.24) is 5.32 Å². The van der Waals surface area contributed by atoms with E-state index in [9.17, 15) is 0 Å². The Morgan fingerprint density at radius 3 is 2.50 bits per heavy atom. The van der Waals surface area contributed by atoms with Gasteiger partial charge in [-0.1, -0.05) is 30.3 Å². The van der Waals surface area contributed by atoms with Gasteiger partial charge in [0.2, 0.25) is 0 Å². The molecule has 1 N–H and O–H groups in total. The second-order valence-electron chi connectivity index (χ2n) is 4.78. The van der Waals surface area contributed by atoms with E-state index in [-0.39, 0.29) is 0 Å². The summed E-state index contributed by atoms with van der Waals surface area (Å²) >= 11 is 0. The molecule has 1 nitrogen and oxygen atoms in total. The molecular formula is C13H17N. The quantitative estimate of drug-likeness (QED) is 0.712. The van der Waals surface area contributed by atoms with E-state index in [4.69, 9.17) is 0 Å². The van der Waals surface area contributed by atoms with Gasteiger partial charge in [0.15, 0.2) is 0 Å². The van der Waals surface area contributed by atoms with Crippen molar-refractivity contribution in [3.8, 4) is 0 Å². The van der Waals surface area contributed by atoms with Gasteiger partial charge in [0.05, 0.1) is 0 Å². The fraction of sp³-hybridized carbons (Fsp3) is 0.538. The maximum Gasteiger partial charge on any atom is -0.00434 e. The van der Waals surface area contributed by atoms with Gasteiger partial charge in [0.1, 0.15) is 0 Å². The predicted molar refractivity (Wildman–Crippen MR) is 58.3 cm³/mol. The first-order valence-corrected chi connectivity index (χ1v) is 5.66. The summed E-state index contributed by atoms with van der Waals surface area (Å²) in [6, 6.07) is 11.0. The summed E-state index contributed by atoms with van der Waals surface area (Å²) in [5.41, 5.74) is 2.25. The monoisotopic (exact) mass is 187 g/mol. The molecule has 1 spiro atoms. The van der Waals surface area contributed by atoms with Gasteiger partial charge >= 0.3 is 0 Å². The van der Waals surface area contributed by atoms with E-state index in [1.54, 1.807) is 5.56 Å². The fourth-order valence-corrected chi connectivity index (χ4v) is 2.98. The first-order chi connectivity index (χ1) is 6.91. The molecule has 1 heterocycles. The van der Waals surface area contributed by atoms with Crippen LogP contribution in [0.2, 0.25) is 0 Å². The lowest BCUT2D eigenvalue weighted by Gasteiger charge is -2.23. The lowest BCUT2D eigenvalue weighted by Crippen LogP contribution is -2.29. The highest BCUT2D eigenvalue weighted by molar-refractivity contribution is 5.30. The van der Waals surface area contributed by atoms with Crippen LogP contribution in [0.4, 0.5) is 0 Å². The molecule has 1 aliphatic carbocycles. The van der Waals surface area contributed by atoms with Crippen molar-refractivity contribution in [2.75, 3.05) is 13.1 Å². The molecule has 2 fully saturated rings. The lowest BCUT2D eigenvalue weighted by molar-refractivity contribution is 0.342. The Bertz CT molecular complexity index is 311. The van der Waals surface area contributed by atoms with E-state index in [1.807, 2.05) is 0 Å². The highest BCUT2D eigenvalue weighted by Gasteiger charge is 2.54. The zero-order chi connectivity index (χ0) is 9.43. The largest absolute Gasteiger partial charge is 0.317 e. The van der Waals surface area contributed by atoms with Crippen molar-refractivity contribution in [2.45, 2.75) is 25.2 Å². The second-order valence-corrected chi connectivity index (χ2v) is 4.78. The van der Waals surface area contributed by atoms with Gasteiger partial charge in [0, 0.05) is 0 Å². The first-order valence-electron chi connectivity index (χ1n) is 5.66. The lowest BCUT2D eigenvalue weighted by atomic mass is 9.90. The van der Waals surface area contributed by atoms with Crippen molar-refractivity contribution < 1.29 is 0 Å². The molecule has 1 saturated carbocycles. The van der Waals surface area contributed by atoms with Crippen molar-refractivity contribution >= 4 is 0 Å². The average molecular weight is 187 g/mol. The number of hydrogen-bond donors (Lipinski definition) is 1. The van der Waals surface area contributed by atoms with Crippen LogP contribution in [0.1, 0.15) is 30.7 Å². The minimum atomic E-state index is 0.687. The number of hydrogen-bond acceptors (Lipinski definition) is 1. The van der Waals surface area contributed by atoms with Crippen LogP contribution >= 0.6 is 0 Å². The van der Waals surface area contributed by atoms with Crippen LogP contribution in [-0.2, 0) is 0 Å². The van der Waals surface area contributed by atoms with Crippen molar-refractivity contribution in [1.29, 1.82) is 0 Å². The van der Waals surface area contributed by atoms with Crippen LogP contribution in [0.5, 0.6) is 0 Å². The summed E-state index contributed by atoms with van der Waals surface area (Å²) in [6.45, 7) is 2.45. The number of piperidine rings is 1. The van der Waals surface area contributed by atoms with Crippen LogP contribution in [-0.4, -0.2) is 13.1 Å². The minimum Gasteiger partial charge on any atom is -0.317 e. The fourth-order valence-electron chi connectivity index (χ4n) is 2.98. The van der Waals surface area contributed by atoms with Gasteiger partial charge in [-0.25, -0.2) is 0 Å². The molecule has 2 aliphatic rings. The first kappa shape index (κ1) is 8.49. The Balaban J connectivity index is 1.78. The van der Waals surface area contributed by atoms with Crippen LogP contribution in [0, 0.1) is 5.41 Å². The molecule has 0 radical (unpaired) electrons. The Morgan fingerprint density at radius 2 is 1.79 bits per heavy atom. The van der Waals surface area contributed by atoms with Gasteiger partial charge in [-0.15, -0.1) is 0 Å². The molecule has 1 heteroatoms. The van der Waals surface area contributed by atoms with E-state index < -0.39 is 0 Å². The van der Waals surface area contributed by atoms with Crippen molar-refractivity contribution in [2.24, 2.45) is 5.41 Å². The van der Waals surface area contributed by atoms with Crippen molar-refractivity contribution in [3.05, 3.63) is 35.9 Å². The summed E-state index contributed by atoms with van der Waals surface area (Å²) in [7, 11) is 0. The number of rotatable bonds is 1. The van der Waals surface area contributed by atoms with Crippen LogP contribution in [0.3, 0.4) is 0 Å². The van der Waals surface area contributed by atoms with E-state index in [2.05, 4.69) is 35.6 Å². The Kier molecular flexibility index (Phi) is 1.88. The third kappa shape index (κ3) is 1.27. The zero-order valence-electron chi connectivity index (χ0n) is 8.50. The molecule has 1 aromatic rings. The number of benzene rings is 1. The van der Waals surface area contributed by atoms with Gasteiger partial charge in [0.25, 0.3) is 0 Å². The molecule has 14 heavy (non-hydrogen) atoms. The molecule has 1 atom stereocenters. The topological polar surface area (TPSA) is 12.0 Å². The summed E-state index contributed by atoms with van der Waals surface area (Å²) in [6.07, 6.45) is 4.19. The average Bonchev–Trinajstić information content (AvgIpc) is 2.95. The van der Waals surface area contributed by atoms with E-state index in [0.717, 1.165) is 5.92 Å². The van der Waals surface area contributed by atoms with Crippen LogP contribution < -0.4 is 5.32 Å². The highest BCUT2D eigenvalue weighted by Crippen LogP contribution is 2.64. The SMILES string of the molecule is c1ccc(C2CC23CCNCC3)cc1. The van der Waals surface area contributed by atoms with Gasteiger partial charge in [-0.3, -0.25) is 0 Å². The van der Waals surface area contributed by atoms with E-state index in [1.165, 1.54) is 32.4 Å². The summed E-state index contributed by atoms with van der Waals surface area (Å²) < 4.78 is 0. The smallest absolute Gasteiger partial charge is 0.00434 e. The molecule has 0 bridgehead atoms. The minimum absolute atomic E-state index is 0.687. The Labute approximate surface area is 85.5 Å². The summed E-state index contributed by atoms with van der Waals surface area (Å²) in [5, 5.41) is 3.45. The van der Waals surface area contributed by atoms with Gasteiger partial charge in [-0.05, 0) is 49.2 Å². The summed E-state index contributed by atoms with van der Waals surface area (Å²) in [4.78, 5) is 0. The molecular weight excluding hydrogens is 170 g/mol. The highest BCUT2D eigenvalue weighted by atomic mass is 14.9. The maximum absolute atomic E-state index is 3.45. The zero-order valence-corrected chi connectivity index (χ0v) is 8.50. The molecule has 3 rings (SSSR count). The standard InChI is InChI=1S/C13H17N/c1-2-4-11(5-3-1)12-10-13(12)6-8-14-9-7-13/h1-5,12,14H,6-10H2. The normalized spacial score (nSPS) is 29.0. The van der Waals surface area contributed by atoms with Gasteiger partial charge < -0.3 is 5.32 Å². The molecule has 74 valence electrons. The maximum atomic E-state index is 3.45. The predicted octanol–water partition coefficient (Wildman–Crippen LogP) is 2.54. The third-order valence-corrected chi connectivity index (χ3v) is 3.99. The van der Waals surface area contributed by atoms with Crippen LogP contribution in [0.15, 0.2) is 30.3 Å². The molecule has 0 amide bonds.